The lowest BCUT2D eigenvalue weighted by Gasteiger charge is -2.20. The molecule has 1 aliphatic rings. The lowest BCUT2D eigenvalue weighted by atomic mass is 10.1. The van der Waals surface area contributed by atoms with Gasteiger partial charge in [0.25, 0.3) is 0 Å². The fourth-order valence-corrected chi connectivity index (χ4v) is 4.16. The van der Waals surface area contributed by atoms with Crippen LogP contribution in [0.5, 0.6) is 0 Å². The SMILES string of the molecule is O=C(OC[C@@H]1[C@@H](OC(=O)c2ccccc2)[C@H](F)CS1=O)c1ccccc1. The van der Waals surface area contributed by atoms with Gasteiger partial charge in [0.05, 0.1) is 16.9 Å². The molecule has 4 atom stereocenters. The molecule has 1 heterocycles. The first-order valence-electron chi connectivity index (χ1n) is 8.05. The molecule has 0 N–H and O–H groups in total. The Kier molecular flexibility index (Phi) is 5.78. The largest absolute Gasteiger partial charge is 0.461 e. The Labute approximate surface area is 152 Å². The van der Waals surface area contributed by atoms with Crippen molar-refractivity contribution in [3.63, 3.8) is 0 Å². The Morgan fingerprint density at radius 3 is 2.08 bits per heavy atom. The number of halogens is 1. The summed E-state index contributed by atoms with van der Waals surface area (Å²) in [5.74, 6) is -1.55. The molecular formula is C19H17FO5S. The van der Waals surface area contributed by atoms with E-state index in [9.17, 15) is 18.2 Å². The summed E-state index contributed by atoms with van der Waals surface area (Å²) in [5, 5.41) is -0.898. The van der Waals surface area contributed by atoms with Gasteiger partial charge in [-0.25, -0.2) is 14.0 Å². The van der Waals surface area contributed by atoms with Crippen LogP contribution in [0.25, 0.3) is 0 Å². The van der Waals surface area contributed by atoms with Gasteiger partial charge in [0.2, 0.25) is 0 Å². The van der Waals surface area contributed by atoms with Crippen LogP contribution in [0.2, 0.25) is 0 Å². The van der Waals surface area contributed by atoms with Crippen LogP contribution in [0.1, 0.15) is 20.7 Å². The molecule has 0 bridgehead atoms. The van der Waals surface area contributed by atoms with Crippen molar-refractivity contribution < 1.29 is 27.7 Å². The topological polar surface area (TPSA) is 69.7 Å². The van der Waals surface area contributed by atoms with E-state index in [1.165, 1.54) is 0 Å². The Morgan fingerprint density at radius 1 is 0.962 bits per heavy atom. The normalized spacial score (nSPS) is 24.8. The Bertz CT molecular complexity index is 796. The summed E-state index contributed by atoms with van der Waals surface area (Å²) in [4.78, 5) is 24.2. The highest BCUT2D eigenvalue weighted by Crippen LogP contribution is 2.25. The molecule has 2 aromatic carbocycles. The summed E-state index contributed by atoms with van der Waals surface area (Å²) in [5.41, 5.74) is 0.614. The van der Waals surface area contributed by atoms with Gasteiger partial charge >= 0.3 is 11.9 Å². The highest BCUT2D eigenvalue weighted by molar-refractivity contribution is 7.86. The number of hydrogen-bond donors (Lipinski definition) is 0. The average Bonchev–Trinajstić information content (AvgIpc) is 2.94. The average molecular weight is 376 g/mol. The zero-order valence-corrected chi connectivity index (χ0v) is 14.6. The van der Waals surface area contributed by atoms with Crippen LogP contribution in [-0.4, -0.2) is 46.0 Å². The summed E-state index contributed by atoms with van der Waals surface area (Å²) in [6.45, 7) is -0.284. The van der Waals surface area contributed by atoms with Crippen LogP contribution in [0.15, 0.2) is 60.7 Å². The zero-order valence-electron chi connectivity index (χ0n) is 13.7. The Balaban J connectivity index is 1.65. The van der Waals surface area contributed by atoms with E-state index < -0.39 is 40.3 Å². The smallest absolute Gasteiger partial charge is 0.338 e. The maximum atomic E-state index is 14.2. The molecule has 26 heavy (non-hydrogen) atoms. The van der Waals surface area contributed by atoms with Gasteiger partial charge in [-0.05, 0) is 24.3 Å². The fraction of sp³-hybridized carbons (Fsp3) is 0.263. The van der Waals surface area contributed by atoms with Crippen LogP contribution in [-0.2, 0) is 20.3 Å². The van der Waals surface area contributed by atoms with Gasteiger partial charge in [0.15, 0.2) is 6.10 Å². The van der Waals surface area contributed by atoms with E-state index in [0.29, 0.717) is 5.56 Å². The van der Waals surface area contributed by atoms with Crippen LogP contribution in [0.3, 0.4) is 0 Å². The molecule has 7 heteroatoms. The summed E-state index contributed by atoms with van der Waals surface area (Å²) in [6.07, 6.45) is -2.78. The number of benzene rings is 2. The van der Waals surface area contributed by atoms with Crippen molar-refractivity contribution in [2.45, 2.75) is 17.5 Å². The second-order valence-electron chi connectivity index (χ2n) is 5.80. The van der Waals surface area contributed by atoms with E-state index in [-0.39, 0.29) is 17.9 Å². The van der Waals surface area contributed by atoms with Gasteiger partial charge in [-0.3, -0.25) is 4.21 Å². The zero-order chi connectivity index (χ0) is 18.5. The number of ether oxygens (including phenoxy) is 2. The first kappa shape index (κ1) is 18.3. The van der Waals surface area contributed by atoms with Crippen LogP contribution in [0.4, 0.5) is 4.39 Å². The van der Waals surface area contributed by atoms with Gasteiger partial charge in [-0.15, -0.1) is 0 Å². The first-order valence-corrected chi connectivity index (χ1v) is 9.44. The molecule has 1 saturated heterocycles. The van der Waals surface area contributed by atoms with E-state index in [0.717, 1.165) is 0 Å². The van der Waals surface area contributed by atoms with E-state index in [1.54, 1.807) is 60.7 Å². The molecule has 0 aromatic heterocycles. The highest BCUT2D eigenvalue weighted by Gasteiger charge is 2.45. The van der Waals surface area contributed by atoms with Crippen molar-refractivity contribution in [2.24, 2.45) is 0 Å². The van der Waals surface area contributed by atoms with E-state index in [4.69, 9.17) is 9.47 Å². The molecule has 0 spiro atoms. The molecule has 1 aliphatic heterocycles. The summed E-state index contributed by atoms with van der Waals surface area (Å²) in [6, 6.07) is 16.5. The van der Waals surface area contributed by atoms with Gasteiger partial charge in [-0.1, -0.05) is 36.4 Å². The minimum atomic E-state index is -1.60. The Morgan fingerprint density at radius 2 is 1.50 bits per heavy atom. The van der Waals surface area contributed by atoms with E-state index in [1.807, 2.05) is 0 Å². The Hall–Kier alpha value is -2.54. The van der Waals surface area contributed by atoms with Crippen molar-refractivity contribution in [3.05, 3.63) is 71.8 Å². The molecule has 136 valence electrons. The molecule has 0 amide bonds. The predicted octanol–water partition coefficient (Wildman–Crippen LogP) is 2.54. The number of carbonyl (C=O) groups excluding carboxylic acids is 2. The molecular weight excluding hydrogens is 359 g/mol. The molecule has 2 aromatic rings. The number of esters is 2. The minimum Gasteiger partial charge on any atom is -0.461 e. The molecule has 1 unspecified atom stereocenters. The number of carbonyl (C=O) groups is 2. The number of alkyl halides is 1. The van der Waals surface area contributed by atoms with E-state index in [2.05, 4.69) is 0 Å². The third-order valence-electron chi connectivity index (χ3n) is 4.02. The number of rotatable bonds is 5. The molecule has 5 nitrogen and oxygen atoms in total. The molecule has 0 saturated carbocycles. The van der Waals surface area contributed by atoms with Crippen molar-refractivity contribution in [2.75, 3.05) is 12.4 Å². The summed E-state index contributed by atoms with van der Waals surface area (Å²) >= 11 is 0. The molecule has 1 fully saturated rings. The van der Waals surface area contributed by atoms with Crippen molar-refractivity contribution in [1.29, 1.82) is 0 Å². The maximum Gasteiger partial charge on any atom is 0.338 e. The third-order valence-corrected chi connectivity index (χ3v) is 5.75. The summed E-state index contributed by atoms with van der Waals surface area (Å²) < 4.78 is 36.7. The second kappa shape index (κ2) is 8.23. The van der Waals surface area contributed by atoms with Gasteiger partial charge in [0.1, 0.15) is 18.0 Å². The monoisotopic (exact) mass is 376 g/mol. The van der Waals surface area contributed by atoms with Gasteiger partial charge < -0.3 is 9.47 Å². The van der Waals surface area contributed by atoms with E-state index >= 15 is 0 Å². The second-order valence-corrected chi connectivity index (χ2v) is 7.50. The maximum absolute atomic E-state index is 14.2. The molecule has 3 rings (SSSR count). The van der Waals surface area contributed by atoms with Gasteiger partial charge in [-0.2, -0.15) is 0 Å². The number of hydrogen-bond acceptors (Lipinski definition) is 5. The minimum absolute atomic E-state index is 0.250. The molecule has 0 radical (unpaired) electrons. The van der Waals surface area contributed by atoms with Crippen molar-refractivity contribution in [3.8, 4) is 0 Å². The van der Waals surface area contributed by atoms with Crippen LogP contribution < -0.4 is 0 Å². The van der Waals surface area contributed by atoms with Crippen LogP contribution in [0, 0.1) is 0 Å². The third kappa shape index (κ3) is 4.16. The standard InChI is InChI=1S/C19H17FO5S/c20-15-12-26(23)16(11-24-18(21)13-7-3-1-4-8-13)17(15)25-19(22)14-9-5-2-6-10-14/h1-10,15-17H,11-12H2/t15-,16-,17+,26?/m1/s1. The predicted molar refractivity (Wildman–Crippen MR) is 94.1 cm³/mol. The molecule has 0 aliphatic carbocycles. The highest BCUT2D eigenvalue weighted by atomic mass is 32.2. The lowest BCUT2D eigenvalue weighted by molar-refractivity contribution is 0.00463. The van der Waals surface area contributed by atoms with Crippen molar-refractivity contribution in [1.82, 2.24) is 0 Å². The van der Waals surface area contributed by atoms with Crippen molar-refractivity contribution >= 4 is 22.7 Å². The fourth-order valence-electron chi connectivity index (χ4n) is 2.66. The quantitative estimate of drug-likeness (QED) is 0.750. The van der Waals surface area contributed by atoms with Gasteiger partial charge in [0, 0.05) is 10.8 Å². The first-order chi connectivity index (χ1) is 12.6. The summed E-state index contributed by atoms with van der Waals surface area (Å²) in [7, 11) is -1.60. The lowest BCUT2D eigenvalue weighted by Crippen LogP contribution is -2.37. The van der Waals surface area contributed by atoms with Crippen LogP contribution >= 0.6 is 0 Å².